The summed E-state index contributed by atoms with van der Waals surface area (Å²) in [6.07, 6.45) is 1.88. The molecule has 1 aliphatic rings. The second-order valence-electron chi connectivity index (χ2n) is 6.35. The molecule has 2 aromatic carbocycles. The van der Waals surface area contributed by atoms with Crippen molar-refractivity contribution in [1.82, 2.24) is 5.01 Å². The molecular weight excluding hydrogens is 422 g/mol. The van der Waals surface area contributed by atoms with Gasteiger partial charge in [-0.2, -0.15) is 5.26 Å². The molecule has 10 nitrogen and oxygen atoms in total. The molecule has 0 aliphatic carbocycles. The molecule has 3 N–H and O–H groups in total. The number of ether oxygens (including phenoxy) is 1. The molecule has 11 heteroatoms. The van der Waals surface area contributed by atoms with Gasteiger partial charge in [-0.1, -0.05) is 30.3 Å². The van der Waals surface area contributed by atoms with Gasteiger partial charge in [0.25, 0.3) is 5.88 Å². The zero-order chi connectivity index (χ0) is 22.5. The van der Waals surface area contributed by atoms with Crippen molar-refractivity contribution < 1.29 is 19.6 Å². The van der Waals surface area contributed by atoms with E-state index in [-0.39, 0.29) is 34.9 Å². The minimum absolute atomic E-state index is 0.127. The molecule has 3 rings (SSSR count). The monoisotopic (exact) mass is 439 g/mol. The lowest BCUT2D eigenvalue weighted by Crippen LogP contribution is -2.45. The third-order valence-corrected chi connectivity index (χ3v) is 5.12. The van der Waals surface area contributed by atoms with E-state index < -0.39 is 22.1 Å². The van der Waals surface area contributed by atoms with Gasteiger partial charge >= 0.3 is 11.7 Å². The predicted molar refractivity (Wildman–Crippen MR) is 114 cm³/mol. The third kappa shape index (κ3) is 4.66. The van der Waals surface area contributed by atoms with E-state index in [1.807, 2.05) is 24.3 Å². The zero-order valence-electron chi connectivity index (χ0n) is 16.3. The van der Waals surface area contributed by atoms with Gasteiger partial charge in [0.05, 0.1) is 16.6 Å². The Morgan fingerprint density at radius 2 is 2.10 bits per heavy atom. The van der Waals surface area contributed by atoms with Crippen LogP contribution in [0.4, 0.5) is 0 Å². The summed E-state index contributed by atoms with van der Waals surface area (Å²) in [5.74, 6) is 4.15. The van der Waals surface area contributed by atoms with Crippen molar-refractivity contribution in [2.75, 3.05) is 6.26 Å². The number of nitro groups is 1. The molecule has 0 spiro atoms. The summed E-state index contributed by atoms with van der Waals surface area (Å²) in [5, 5.41) is 31.5. The van der Waals surface area contributed by atoms with Crippen LogP contribution in [0, 0.1) is 21.4 Å². The highest BCUT2D eigenvalue weighted by Gasteiger charge is 2.38. The van der Waals surface area contributed by atoms with E-state index in [1.54, 1.807) is 18.4 Å². The molecule has 0 fully saturated rings. The van der Waals surface area contributed by atoms with E-state index in [0.717, 1.165) is 10.6 Å². The molecule has 1 unspecified atom stereocenters. The fraction of sp³-hybridized carbons (Fsp3) is 0.150. The Labute approximate surface area is 181 Å². The fourth-order valence-electron chi connectivity index (χ4n) is 2.93. The van der Waals surface area contributed by atoms with Crippen LogP contribution >= 0.6 is 11.8 Å². The molecule has 158 valence electrons. The third-order valence-electron chi connectivity index (χ3n) is 4.37. The van der Waals surface area contributed by atoms with Gasteiger partial charge in [-0.25, -0.2) is 20.6 Å². The van der Waals surface area contributed by atoms with Gasteiger partial charge in [0.2, 0.25) is 0 Å². The Morgan fingerprint density at radius 3 is 2.68 bits per heavy atom. The van der Waals surface area contributed by atoms with Crippen molar-refractivity contribution in [1.29, 1.82) is 5.26 Å². The molecule has 1 heterocycles. The summed E-state index contributed by atoms with van der Waals surface area (Å²) in [4.78, 5) is 27.3. The van der Waals surface area contributed by atoms with Gasteiger partial charge < -0.3 is 9.84 Å². The Balaban J connectivity index is 2.13. The van der Waals surface area contributed by atoms with Crippen molar-refractivity contribution >= 4 is 23.4 Å². The van der Waals surface area contributed by atoms with Crippen LogP contribution in [0.5, 0.6) is 5.75 Å². The lowest BCUT2D eigenvalue weighted by Gasteiger charge is -2.30. The number of rotatable bonds is 7. The summed E-state index contributed by atoms with van der Waals surface area (Å²) in [7, 11) is 0. The second-order valence-corrected chi connectivity index (χ2v) is 7.24. The topological polar surface area (TPSA) is 155 Å². The van der Waals surface area contributed by atoms with Crippen LogP contribution in [0.2, 0.25) is 0 Å². The van der Waals surface area contributed by atoms with Crippen molar-refractivity contribution in [3.63, 3.8) is 0 Å². The zero-order valence-corrected chi connectivity index (χ0v) is 17.1. The van der Waals surface area contributed by atoms with E-state index in [2.05, 4.69) is 4.99 Å². The molecule has 0 saturated heterocycles. The number of aromatic carboxylic acids is 1. The SMILES string of the molecule is CSC1N=C(Cc2ccccc2)C([N+](=O)[O-])=C(Oc2cc(C#N)ccc2C(=O)O)N1N. The van der Waals surface area contributed by atoms with Crippen LogP contribution < -0.4 is 10.6 Å². The molecule has 0 amide bonds. The summed E-state index contributed by atoms with van der Waals surface area (Å²) in [6, 6.07) is 14.6. The number of thioether (sulfide) groups is 1. The highest BCUT2D eigenvalue weighted by molar-refractivity contribution is 7.99. The van der Waals surface area contributed by atoms with Gasteiger partial charge in [0, 0.05) is 6.42 Å². The van der Waals surface area contributed by atoms with Crippen molar-refractivity contribution in [3.05, 3.63) is 86.9 Å². The maximum atomic E-state index is 12.0. The standard InChI is InChI=1S/C20H17N5O5S/c1-31-20-23-15(9-12-5-3-2-4-6-12)17(25(28)29)18(24(20)22)30-16-10-13(11-21)7-8-14(16)19(26)27/h2-8,10,20H,9,22H2,1H3,(H,26,27). The molecule has 0 saturated carbocycles. The number of allylic oxidation sites excluding steroid dienone is 1. The van der Waals surface area contributed by atoms with E-state index >= 15 is 0 Å². The Bertz CT molecular complexity index is 1130. The smallest absolute Gasteiger partial charge is 0.351 e. The summed E-state index contributed by atoms with van der Waals surface area (Å²) < 4.78 is 5.69. The number of hydrogen-bond donors (Lipinski definition) is 2. The van der Waals surface area contributed by atoms with Crippen molar-refractivity contribution in [2.45, 2.75) is 11.9 Å². The van der Waals surface area contributed by atoms with Gasteiger partial charge in [-0.05, 0) is 30.0 Å². The minimum Gasteiger partial charge on any atom is -0.478 e. The van der Waals surface area contributed by atoms with Crippen molar-refractivity contribution in [2.24, 2.45) is 10.8 Å². The average Bonchev–Trinajstić information content (AvgIpc) is 2.75. The quantitative estimate of drug-likeness (QED) is 0.376. The molecule has 1 aliphatic heterocycles. The first-order valence-corrected chi connectivity index (χ1v) is 10.2. The second kappa shape index (κ2) is 9.29. The number of nitrogens with zero attached hydrogens (tertiary/aromatic N) is 4. The van der Waals surface area contributed by atoms with E-state index in [9.17, 15) is 20.0 Å². The Hall–Kier alpha value is -3.88. The van der Waals surface area contributed by atoms with Crippen LogP contribution in [0.1, 0.15) is 21.5 Å². The Morgan fingerprint density at radius 1 is 1.39 bits per heavy atom. The van der Waals surface area contributed by atoms with Gasteiger partial charge in [0.1, 0.15) is 17.0 Å². The Kier molecular flexibility index (Phi) is 6.54. The van der Waals surface area contributed by atoms with Crippen LogP contribution in [-0.2, 0) is 6.42 Å². The first-order valence-electron chi connectivity index (χ1n) is 8.87. The summed E-state index contributed by atoms with van der Waals surface area (Å²) >= 11 is 1.22. The number of hydrogen-bond acceptors (Lipinski definition) is 9. The maximum Gasteiger partial charge on any atom is 0.351 e. The van der Waals surface area contributed by atoms with Crippen LogP contribution in [0.15, 0.2) is 65.1 Å². The molecule has 2 aromatic rings. The summed E-state index contributed by atoms with van der Waals surface area (Å²) in [6.45, 7) is 0. The number of carbonyl (C=O) groups is 1. The molecule has 31 heavy (non-hydrogen) atoms. The lowest BCUT2D eigenvalue weighted by atomic mass is 10.1. The maximum absolute atomic E-state index is 12.0. The lowest BCUT2D eigenvalue weighted by molar-refractivity contribution is -0.419. The number of aliphatic imine (C=N–C) groups is 1. The minimum atomic E-state index is -1.32. The first kappa shape index (κ1) is 21.8. The highest BCUT2D eigenvalue weighted by Crippen LogP contribution is 2.31. The fourth-order valence-corrected chi connectivity index (χ4v) is 3.48. The molecule has 0 radical (unpaired) electrons. The van der Waals surface area contributed by atoms with Crippen LogP contribution in [-0.4, -0.2) is 38.5 Å². The predicted octanol–water partition coefficient (Wildman–Crippen LogP) is 2.60. The van der Waals surface area contributed by atoms with Crippen LogP contribution in [0.25, 0.3) is 0 Å². The number of carboxylic acids is 1. The summed E-state index contributed by atoms with van der Waals surface area (Å²) in [5.41, 5.74) is -0.415. The first-order chi connectivity index (χ1) is 14.8. The van der Waals surface area contributed by atoms with Gasteiger partial charge in [-0.3, -0.25) is 10.1 Å². The number of carboxylic acid groups (broad SMARTS) is 1. The highest BCUT2D eigenvalue weighted by atomic mass is 32.2. The van der Waals surface area contributed by atoms with Crippen LogP contribution in [0.3, 0.4) is 0 Å². The van der Waals surface area contributed by atoms with E-state index in [1.165, 1.54) is 30.0 Å². The van der Waals surface area contributed by atoms with E-state index in [4.69, 9.17) is 15.8 Å². The number of benzene rings is 2. The largest absolute Gasteiger partial charge is 0.478 e. The number of hydrazine groups is 1. The molecule has 0 aromatic heterocycles. The number of nitrogens with two attached hydrogens (primary N) is 1. The molecular formula is C20H17N5O5S. The van der Waals surface area contributed by atoms with Crippen molar-refractivity contribution in [3.8, 4) is 11.8 Å². The van der Waals surface area contributed by atoms with E-state index in [0.29, 0.717) is 0 Å². The number of nitriles is 1. The van der Waals surface area contributed by atoms with Gasteiger partial charge in [-0.15, -0.1) is 11.8 Å². The van der Waals surface area contributed by atoms with Gasteiger partial charge in [0.15, 0.2) is 5.50 Å². The molecule has 0 bridgehead atoms. The normalized spacial score (nSPS) is 15.8. The molecule has 1 atom stereocenters. The average molecular weight is 439 g/mol.